The Bertz CT molecular complexity index is 603. The summed E-state index contributed by atoms with van der Waals surface area (Å²) in [6.45, 7) is 0. The lowest BCUT2D eigenvalue weighted by Gasteiger charge is -2.14. The molecule has 1 amide bonds. The third kappa shape index (κ3) is 3.72. The Morgan fingerprint density at radius 1 is 1.29 bits per heavy atom. The van der Waals surface area contributed by atoms with Crippen LogP contribution < -0.4 is 5.32 Å². The van der Waals surface area contributed by atoms with Crippen LogP contribution in [0.2, 0.25) is 0 Å². The number of alkyl halides is 4. The molecule has 0 spiro atoms. The predicted octanol–water partition coefficient (Wildman–Crippen LogP) is 2.79. The van der Waals surface area contributed by atoms with E-state index in [-0.39, 0.29) is 5.69 Å². The van der Waals surface area contributed by atoms with Crippen molar-refractivity contribution in [1.29, 1.82) is 0 Å². The van der Waals surface area contributed by atoms with Crippen LogP contribution in [0.25, 0.3) is 0 Å². The number of aromatic nitrogens is 3. The molecule has 1 aromatic carbocycles. The molecule has 0 saturated heterocycles. The lowest BCUT2D eigenvalue weighted by Crippen LogP contribution is -2.40. The van der Waals surface area contributed by atoms with Gasteiger partial charge < -0.3 is 5.32 Å². The molecule has 0 aliphatic carbocycles. The monoisotopic (exact) mass is 320 g/mol. The van der Waals surface area contributed by atoms with Crippen LogP contribution in [0.15, 0.2) is 40.6 Å². The number of H-pyrrole nitrogens is 1. The first-order valence-electron chi connectivity index (χ1n) is 5.50. The molecule has 0 radical (unpaired) electrons. The van der Waals surface area contributed by atoms with Crippen LogP contribution in [-0.2, 0) is 4.79 Å². The van der Waals surface area contributed by atoms with Gasteiger partial charge in [-0.3, -0.25) is 9.89 Å². The quantitative estimate of drug-likeness (QED) is 0.831. The molecule has 10 heteroatoms. The van der Waals surface area contributed by atoms with Crippen LogP contribution in [0, 0.1) is 0 Å². The zero-order chi connectivity index (χ0) is 15.5. The molecule has 1 heterocycles. The van der Waals surface area contributed by atoms with Gasteiger partial charge in [0.05, 0.1) is 0 Å². The number of benzene rings is 1. The van der Waals surface area contributed by atoms with E-state index in [1.165, 1.54) is 42.4 Å². The molecule has 0 atom stereocenters. The number of rotatable bonds is 5. The normalized spacial score (nSPS) is 11.7. The first-order valence-corrected chi connectivity index (χ1v) is 6.32. The average Bonchev–Trinajstić information content (AvgIpc) is 2.93. The maximum absolute atomic E-state index is 12.8. The summed E-state index contributed by atoms with van der Waals surface area (Å²) in [4.78, 5) is 15.6. The number of aromatic amines is 1. The highest BCUT2D eigenvalue weighted by atomic mass is 32.2. The molecule has 2 N–H and O–H groups in total. The van der Waals surface area contributed by atoms with Crippen molar-refractivity contribution in [3.8, 4) is 0 Å². The molecule has 0 fully saturated rings. The molecule has 0 aliphatic rings. The number of hydrogen-bond acceptors (Lipinski definition) is 4. The van der Waals surface area contributed by atoms with E-state index in [9.17, 15) is 22.4 Å². The summed E-state index contributed by atoms with van der Waals surface area (Å²) in [5.41, 5.74) is -0.0118. The second-order valence-corrected chi connectivity index (χ2v) is 4.86. The highest BCUT2D eigenvalue weighted by Gasteiger charge is 2.48. The van der Waals surface area contributed by atoms with Crippen LogP contribution in [-0.4, -0.2) is 33.4 Å². The van der Waals surface area contributed by atoms with Crippen molar-refractivity contribution in [2.24, 2.45) is 0 Å². The first-order chi connectivity index (χ1) is 9.89. The standard InChI is InChI=1S/C11H8F4N4OS/c12-8(13)11(14,15)9(20)18-6-1-3-7(4-2-6)21-10-16-5-17-19-10/h1-5,8H,(H,18,20)(H,16,17,19). The minimum atomic E-state index is -4.73. The van der Waals surface area contributed by atoms with Gasteiger partial charge in [0, 0.05) is 10.6 Å². The summed E-state index contributed by atoms with van der Waals surface area (Å²) in [7, 11) is 0. The van der Waals surface area contributed by atoms with Crippen LogP contribution in [0.5, 0.6) is 0 Å². The van der Waals surface area contributed by atoms with Crippen LogP contribution >= 0.6 is 11.8 Å². The van der Waals surface area contributed by atoms with Gasteiger partial charge >= 0.3 is 18.3 Å². The van der Waals surface area contributed by atoms with Gasteiger partial charge in [0.25, 0.3) is 0 Å². The van der Waals surface area contributed by atoms with Crippen molar-refractivity contribution in [2.45, 2.75) is 22.4 Å². The number of carbonyl (C=O) groups excluding carboxylic acids is 1. The van der Waals surface area contributed by atoms with E-state index in [0.29, 0.717) is 10.1 Å². The third-order valence-electron chi connectivity index (χ3n) is 2.30. The first kappa shape index (κ1) is 15.3. The van der Waals surface area contributed by atoms with Gasteiger partial charge in [-0.25, -0.2) is 13.8 Å². The third-order valence-corrected chi connectivity index (χ3v) is 3.19. The number of anilines is 1. The maximum atomic E-state index is 12.8. The van der Waals surface area contributed by atoms with Gasteiger partial charge in [-0.2, -0.15) is 13.9 Å². The van der Waals surface area contributed by atoms with Gasteiger partial charge in [-0.05, 0) is 24.3 Å². The fraction of sp³-hybridized carbons (Fsp3) is 0.182. The van der Waals surface area contributed by atoms with Gasteiger partial charge in [0.15, 0.2) is 5.16 Å². The molecule has 2 aromatic rings. The maximum Gasteiger partial charge on any atom is 0.383 e. The Morgan fingerprint density at radius 3 is 2.48 bits per heavy atom. The Kier molecular flexibility index (Phi) is 4.46. The highest BCUT2D eigenvalue weighted by molar-refractivity contribution is 7.99. The van der Waals surface area contributed by atoms with E-state index in [1.807, 2.05) is 0 Å². The molecule has 21 heavy (non-hydrogen) atoms. The summed E-state index contributed by atoms with van der Waals surface area (Å²) in [5.74, 6) is -6.78. The Labute approximate surface area is 120 Å². The lowest BCUT2D eigenvalue weighted by atomic mass is 10.3. The van der Waals surface area contributed by atoms with E-state index in [4.69, 9.17) is 0 Å². The SMILES string of the molecule is O=C(Nc1ccc(Sc2ncn[nH]2)cc1)C(F)(F)C(F)F. The molecule has 2 rings (SSSR count). The Morgan fingerprint density at radius 2 is 1.95 bits per heavy atom. The van der Waals surface area contributed by atoms with Gasteiger partial charge in [-0.15, -0.1) is 0 Å². The second-order valence-electron chi connectivity index (χ2n) is 3.79. The molecule has 1 aromatic heterocycles. The van der Waals surface area contributed by atoms with Crippen LogP contribution in [0.1, 0.15) is 0 Å². The number of amides is 1. The van der Waals surface area contributed by atoms with Gasteiger partial charge in [-0.1, -0.05) is 11.8 Å². The number of halogens is 4. The van der Waals surface area contributed by atoms with Crippen molar-refractivity contribution < 1.29 is 22.4 Å². The van der Waals surface area contributed by atoms with E-state index >= 15 is 0 Å². The highest BCUT2D eigenvalue weighted by Crippen LogP contribution is 2.27. The van der Waals surface area contributed by atoms with E-state index < -0.39 is 18.3 Å². The van der Waals surface area contributed by atoms with Crippen molar-refractivity contribution >= 4 is 23.4 Å². The number of nitrogens with one attached hydrogen (secondary N) is 2. The molecule has 0 saturated carbocycles. The molecule has 5 nitrogen and oxygen atoms in total. The fourth-order valence-electron chi connectivity index (χ4n) is 1.27. The van der Waals surface area contributed by atoms with Crippen LogP contribution in [0.3, 0.4) is 0 Å². The van der Waals surface area contributed by atoms with E-state index in [0.717, 1.165) is 0 Å². The van der Waals surface area contributed by atoms with Gasteiger partial charge in [0.1, 0.15) is 6.33 Å². The smallest absolute Gasteiger partial charge is 0.321 e. The molecular weight excluding hydrogens is 312 g/mol. The zero-order valence-electron chi connectivity index (χ0n) is 10.2. The Balaban J connectivity index is 2.01. The van der Waals surface area contributed by atoms with Crippen LogP contribution in [0.4, 0.5) is 23.2 Å². The molecule has 0 unspecified atom stereocenters. The molecule has 0 aliphatic heterocycles. The summed E-state index contributed by atoms with van der Waals surface area (Å²) in [6, 6.07) is 5.67. The van der Waals surface area contributed by atoms with Crippen molar-refractivity contribution in [3.63, 3.8) is 0 Å². The zero-order valence-corrected chi connectivity index (χ0v) is 11.0. The van der Waals surface area contributed by atoms with E-state index in [1.54, 1.807) is 5.32 Å². The van der Waals surface area contributed by atoms with Crippen molar-refractivity contribution in [3.05, 3.63) is 30.6 Å². The summed E-state index contributed by atoms with van der Waals surface area (Å²) in [5, 5.41) is 8.52. The largest absolute Gasteiger partial charge is 0.383 e. The summed E-state index contributed by atoms with van der Waals surface area (Å²) in [6.07, 6.45) is -2.73. The fourth-order valence-corrected chi connectivity index (χ4v) is 1.97. The van der Waals surface area contributed by atoms with Crippen molar-refractivity contribution in [1.82, 2.24) is 15.2 Å². The molecular formula is C11H8F4N4OS. The summed E-state index contributed by atoms with van der Waals surface area (Å²) < 4.78 is 49.6. The molecule has 0 bridgehead atoms. The number of carbonyl (C=O) groups is 1. The second kappa shape index (κ2) is 6.12. The van der Waals surface area contributed by atoms with Gasteiger partial charge in [0.2, 0.25) is 0 Å². The summed E-state index contributed by atoms with van der Waals surface area (Å²) >= 11 is 1.22. The predicted molar refractivity (Wildman–Crippen MR) is 66.5 cm³/mol. The Hall–Kier alpha value is -2.10. The number of nitrogens with zero attached hydrogens (tertiary/aromatic N) is 2. The van der Waals surface area contributed by atoms with Crippen molar-refractivity contribution in [2.75, 3.05) is 5.32 Å². The number of hydrogen-bond donors (Lipinski definition) is 2. The molecule has 112 valence electrons. The topological polar surface area (TPSA) is 70.7 Å². The minimum absolute atomic E-state index is 0.0118. The van der Waals surface area contributed by atoms with E-state index in [2.05, 4.69) is 15.2 Å². The lowest BCUT2D eigenvalue weighted by molar-refractivity contribution is -0.163. The average molecular weight is 320 g/mol. The minimum Gasteiger partial charge on any atom is -0.321 e.